The van der Waals surface area contributed by atoms with Crippen LogP contribution in [0.25, 0.3) is 0 Å². The highest BCUT2D eigenvalue weighted by molar-refractivity contribution is 7.99. The zero-order valence-electron chi connectivity index (χ0n) is 16.6. The number of thioether (sulfide) groups is 1. The summed E-state index contributed by atoms with van der Waals surface area (Å²) < 4.78 is 7.68. The molecule has 1 N–H and O–H groups in total. The number of benzene rings is 2. The molecule has 0 atom stereocenters. The third-order valence-electron chi connectivity index (χ3n) is 4.37. The molecule has 0 bridgehead atoms. The number of nitrogens with one attached hydrogen (secondary N) is 1. The van der Waals surface area contributed by atoms with E-state index in [0.717, 1.165) is 27.5 Å². The van der Waals surface area contributed by atoms with Gasteiger partial charge >= 0.3 is 0 Å². The Morgan fingerprint density at radius 2 is 1.86 bits per heavy atom. The molecule has 3 aromatic rings. The standard InChI is InChI=1S/C21H23ClN4O2S/c1-14-9-17(10-15(2)20(14)22)28-12-18-24-25-21(26(18)3)29-13-19(27)23-11-16-7-5-4-6-8-16/h4-10H,11-13H2,1-3H3,(H,23,27). The molecule has 2 aromatic carbocycles. The predicted molar refractivity (Wildman–Crippen MR) is 115 cm³/mol. The van der Waals surface area contributed by atoms with Gasteiger partial charge in [0.05, 0.1) is 5.75 Å². The number of carbonyl (C=O) groups is 1. The Labute approximate surface area is 179 Å². The lowest BCUT2D eigenvalue weighted by atomic mass is 10.1. The van der Waals surface area contributed by atoms with Crippen LogP contribution in [0.15, 0.2) is 47.6 Å². The highest BCUT2D eigenvalue weighted by Gasteiger charge is 2.12. The quantitative estimate of drug-likeness (QED) is 0.545. The first-order valence-electron chi connectivity index (χ1n) is 9.15. The van der Waals surface area contributed by atoms with Gasteiger partial charge in [0.15, 0.2) is 11.0 Å². The third kappa shape index (κ3) is 5.74. The minimum Gasteiger partial charge on any atom is -0.486 e. The number of nitrogens with zero attached hydrogens (tertiary/aromatic N) is 3. The molecule has 152 valence electrons. The molecule has 29 heavy (non-hydrogen) atoms. The van der Waals surface area contributed by atoms with Crippen LogP contribution in [0.2, 0.25) is 5.02 Å². The van der Waals surface area contributed by atoms with Crippen LogP contribution in [0.5, 0.6) is 5.75 Å². The summed E-state index contributed by atoms with van der Waals surface area (Å²) in [7, 11) is 1.86. The van der Waals surface area contributed by atoms with E-state index in [4.69, 9.17) is 16.3 Å². The van der Waals surface area contributed by atoms with Crippen LogP contribution in [0.3, 0.4) is 0 Å². The van der Waals surface area contributed by atoms with E-state index < -0.39 is 0 Å². The topological polar surface area (TPSA) is 69.0 Å². The van der Waals surface area contributed by atoms with Crippen molar-refractivity contribution in [3.63, 3.8) is 0 Å². The lowest BCUT2D eigenvalue weighted by Gasteiger charge is -2.10. The molecule has 0 saturated heterocycles. The minimum absolute atomic E-state index is 0.0493. The number of aryl methyl sites for hydroxylation is 2. The molecule has 0 fully saturated rings. The number of hydrogen-bond acceptors (Lipinski definition) is 5. The Morgan fingerprint density at radius 3 is 2.55 bits per heavy atom. The maximum absolute atomic E-state index is 12.1. The van der Waals surface area contributed by atoms with Crippen molar-refractivity contribution in [3.05, 3.63) is 70.0 Å². The zero-order chi connectivity index (χ0) is 20.8. The molecule has 0 spiro atoms. The number of carbonyl (C=O) groups excluding carboxylic acids is 1. The van der Waals surface area contributed by atoms with Gasteiger partial charge in [-0.3, -0.25) is 4.79 Å². The molecule has 0 aliphatic carbocycles. The molecule has 0 aliphatic rings. The van der Waals surface area contributed by atoms with Crippen molar-refractivity contribution in [2.24, 2.45) is 7.05 Å². The van der Waals surface area contributed by atoms with Crippen LogP contribution in [-0.4, -0.2) is 26.4 Å². The van der Waals surface area contributed by atoms with E-state index in [1.807, 2.05) is 67.9 Å². The Hall–Kier alpha value is -2.51. The van der Waals surface area contributed by atoms with Gasteiger partial charge in [0, 0.05) is 18.6 Å². The minimum atomic E-state index is -0.0493. The van der Waals surface area contributed by atoms with Crippen molar-refractivity contribution in [3.8, 4) is 5.75 Å². The molecular formula is C21H23ClN4O2S. The summed E-state index contributed by atoms with van der Waals surface area (Å²) in [5.74, 6) is 1.64. The van der Waals surface area contributed by atoms with Crippen molar-refractivity contribution in [1.82, 2.24) is 20.1 Å². The van der Waals surface area contributed by atoms with Crippen LogP contribution in [0.4, 0.5) is 0 Å². The molecular weight excluding hydrogens is 408 g/mol. The Bertz CT molecular complexity index is 969. The Morgan fingerprint density at radius 1 is 1.17 bits per heavy atom. The SMILES string of the molecule is Cc1cc(OCc2nnc(SCC(=O)NCc3ccccc3)n2C)cc(C)c1Cl. The van der Waals surface area contributed by atoms with Gasteiger partial charge < -0.3 is 14.6 Å². The highest BCUT2D eigenvalue weighted by Crippen LogP contribution is 2.26. The first-order valence-corrected chi connectivity index (χ1v) is 10.5. The van der Waals surface area contributed by atoms with Gasteiger partial charge in [-0.1, -0.05) is 53.7 Å². The van der Waals surface area contributed by atoms with Gasteiger partial charge in [0.1, 0.15) is 12.4 Å². The molecule has 8 heteroatoms. The number of halogens is 1. The van der Waals surface area contributed by atoms with Gasteiger partial charge in [-0.2, -0.15) is 0 Å². The van der Waals surface area contributed by atoms with E-state index >= 15 is 0 Å². The molecule has 0 unspecified atom stereocenters. The van der Waals surface area contributed by atoms with Crippen LogP contribution in [-0.2, 0) is 25.0 Å². The second kappa shape index (κ2) is 9.80. The van der Waals surface area contributed by atoms with Crippen molar-refractivity contribution in [2.45, 2.75) is 32.2 Å². The number of ether oxygens (including phenoxy) is 1. The van der Waals surface area contributed by atoms with Gasteiger partial charge in [-0.15, -0.1) is 10.2 Å². The second-order valence-electron chi connectivity index (χ2n) is 6.67. The molecule has 1 heterocycles. The van der Waals surface area contributed by atoms with Gasteiger partial charge in [0.25, 0.3) is 0 Å². The lowest BCUT2D eigenvalue weighted by molar-refractivity contribution is -0.118. The highest BCUT2D eigenvalue weighted by atomic mass is 35.5. The van der Waals surface area contributed by atoms with Crippen LogP contribution >= 0.6 is 23.4 Å². The fourth-order valence-electron chi connectivity index (χ4n) is 2.71. The maximum Gasteiger partial charge on any atom is 0.230 e. The average Bonchev–Trinajstić information content (AvgIpc) is 3.07. The van der Waals surface area contributed by atoms with E-state index in [1.54, 1.807) is 0 Å². The molecule has 0 aliphatic heterocycles. The summed E-state index contributed by atoms with van der Waals surface area (Å²) >= 11 is 7.54. The molecule has 3 rings (SSSR count). The normalized spacial score (nSPS) is 10.8. The largest absolute Gasteiger partial charge is 0.486 e. The summed E-state index contributed by atoms with van der Waals surface area (Å²) in [4.78, 5) is 12.1. The number of amides is 1. The zero-order valence-corrected chi connectivity index (χ0v) is 18.2. The summed E-state index contributed by atoms with van der Waals surface area (Å²) in [6, 6.07) is 13.6. The van der Waals surface area contributed by atoms with Crippen LogP contribution in [0, 0.1) is 13.8 Å². The Balaban J connectivity index is 1.50. The van der Waals surface area contributed by atoms with E-state index in [2.05, 4.69) is 15.5 Å². The molecule has 0 saturated carbocycles. The maximum atomic E-state index is 12.1. The van der Waals surface area contributed by atoms with Gasteiger partial charge in [0.2, 0.25) is 5.91 Å². The van der Waals surface area contributed by atoms with Crippen molar-refractivity contribution in [1.29, 1.82) is 0 Å². The summed E-state index contributed by atoms with van der Waals surface area (Å²) in [6.07, 6.45) is 0. The predicted octanol–water partition coefficient (Wildman–Crippen LogP) is 4.07. The monoisotopic (exact) mass is 430 g/mol. The first-order chi connectivity index (χ1) is 13.9. The summed E-state index contributed by atoms with van der Waals surface area (Å²) in [6.45, 7) is 4.69. The van der Waals surface area contributed by atoms with Crippen molar-refractivity contribution >= 4 is 29.3 Å². The number of hydrogen-bond donors (Lipinski definition) is 1. The lowest BCUT2D eigenvalue weighted by Crippen LogP contribution is -2.24. The van der Waals surface area contributed by atoms with E-state index in [-0.39, 0.29) is 18.3 Å². The summed E-state index contributed by atoms with van der Waals surface area (Å²) in [5, 5.41) is 12.7. The van der Waals surface area contributed by atoms with Crippen LogP contribution in [0.1, 0.15) is 22.5 Å². The molecule has 1 aromatic heterocycles. The average molecular weight is 431 g/mol. The van der Waals surface area contributed by atoms with Crippen LogP contribution < -0.4 is 10.1 Å². The van der Waals surface area contributed by atoms with Gasteiger partial charge in [-0.05, 0) is 42.7 Å². The molecule has 1 amide bonds. The third-order valence-corrected chi connectivity index (χ3v) is 5.98. The van der Waals surface area contributed by atoms with Crippen molar-refractivity contribution < 1.29 is 9.53 Å². The van der Waals surface area contributed by atoms with E-state index in [1.165, 1.54) is 11.8 Å². The summed E-state index contributed by atoms with van der Waals surface area (Å²) in [5.41, 5.74) is 3.01. The van der Waals surface area contributed by atoms with E-state index in [0.29, 0.717) is 17.5 Å². The smallest absolute Gasteiger partial charge is 0.230 e. The second-order valence-corrected chi connectivity index (χ2v) is 7.99. The Kier molecular flexibility index (Phi) is 7.17. The van der Waals surface area contributed by atoms with Crippen molar-refractivity contribution in [2.75, 3.05) is 5.75 Å². The number of aromatic nitrogens is 3. The molecule has 6 nitrogen and oxygen atoms in total. The fourth-order valence-corrected chi connectivity index (χ4v) is 3.58. The molecule has 0 radical (unpaired) electrons. The first kappa shape index (κ1) is 21.2. The van der Waals surface area contributed by atoms with E-state index in [9.17, 15) is 4.79 Å². The fraction of sp³-hybridized carbons (Fsp3) is 0.286. The number of rotatable bonds is 8. The van der Waals surface area contributed by atoms with Gasteiger partial charge in [-0.25, -0.2) is 0 Å².